The molecule has 0 aromatic heterocycles. The highest BCUT2D eigenvalue weighted by atomic mass is 79.9. The third-order valence-corrected chi connectivity index (χ3v) is 4.60. The van der Waals surface area contributed by atoms with Crippen molar-refractivity contribution in [2.24, 2.45) is 5.73 Å². The Morgan fingerprint density at radius 2 is 1.90 bits per heavy atom. The Morgan fingerprint density at radius 3 is 2.50 bits per heavy atom. The summed E-state index contributed by atoms with van der Waals surface area (Å²) in [5.41, 5.74) is 7.08. The number of carbonyl (C=O) groups excluding carboxylic acids is 1. The molecule has 1 atom stereocenters. The highest BCUT2D eigenvalue weighted by Gasteiger charge is 2.20. The number of nitrogens with two attached hydrogens (primary N) is 1. The van der Waals surface area contributed by atoms with Gasteiger partial charge < -0.3 is 11.1 Å². The molecule has 4 heteroatoms. The largest absolute Gasteiger partial charge is 0.353 e. The number of rotatable bonds is 4. The van der Waals surface area contributed by atoms with Crippen LogP contribution in [0, 0.1) is 0 Å². The van der Waals surface area contributed by atoms with E-state index in [4.69, 9.17) is 5.73 Å². The van der Waals surface area contributed by atoms with Crippen molar-refractivity contribution >= 4 is 21.8 Å². The van der Waals surface area contributed by atoms with E-state index >= 15 is 0 Å². The van der Waals surface area contributed by atoms with Gasteiger partial charge in [0.2, 0.25) is 5.91 Å². The lowest BCUT2D eigenvalue weighted by molar-refractivity contribution is -0.122. The van der Waals surface area contributed by atoms with Crippen LogP contribution in [0.2, 0.25) is 0 Å². The van der Waals surface area contributed by atoms with Crippen molar-refractivity contribution in [3.63, 3.8) is 0 Å². The zero-order chi connectivity index (χ0) is 14.5. The Kier molecular flexibility index (Phi) is 5.61. The average molecular weight is 339 g/mol. The first-order chi connectivity index (χ1) is 9.54. The number of carbonyl (C=O) groups is 1. The van der Waals surface area contributed by atoms with Gasteiger partial charge in [0.25, 0.3) is 0 Å². The van der Waals surface area contributed by atoms with E-state index in [9.17, 15) is 4.79 Å². The molecular weight excluding hydrogens is 316 g/mol. The Labute approximate surface area is 129 Å². The normalized spacial score (nSPS) is 24.1. The molecule has 0 saturated heterocycles. The third kappa shape index (κ3) is 4.60. The van der Waals surface area contributed by atoms with Crippen molar-refractivity contribution in [1.82, 2.24) is 5.32 Å². The van der Waals surface area contributed by atoms with E-state index in [0.29, 0.717) is 18.5 Å². The lowest BCUT2D eigenvalue weighted by Gasteiger charge is -2.27. The summed E-state index contributed by atoms with van der Waals surface area (Å²) in [6.07, 6.45) is 4.61. The maximum atomic E-state index is 12.1. The maximum Gasteiger partial charge on any atom is 0.220 e. The summed E-state index contributed by atoms with van der Waals surface area (Å²) < 4.78 is 1.07. The molecule has 0 radical (unpaired) electrons. The average Bonchev–Trinajstić information content (AvgIpc) is 2.42. The van der Waals surface area contributed by atoms with Crippen molar-refractivity contribution in [3.8, 4) is 0 Å². The van der Waals surface area contributed by atoms with Gasteiger partial charge in [-0.1, -0.05) is 35.0 Å². The number of halogens is 1. The van der Waals surface area contributed by atoms with Crippen LogP contribution >= 0.6 is 15.9 Å². The number of hydrogen-bond acceptors (Lipinski definition) is 2. The van der Waals surface area contributed by atoms with Crippen LogP contribution in [0.3, 0.4) is 0 Å². The molecule has 1 aromatic rings. The first-order valence-electron chi connectivity index (χ1n) is 7.35. The molecule has 0 aliphatic heterocycles. The molecule has 3 nitrogen and oxygen atoms in total. The highest BCUT2D eigenvalue weighted by molar-refractivity contribution is 9.10. The predicted octanol–water partition coefficient (Wildman–Crippen LogP) is 3.33. The van der Waals surface area contributed by atoms with Crippen LogP contribution in [0.1, 0.15) is 50.5 Å². The van der Waals surface area contributed by atoms with Crippen LogP contribution in [-0.2, 0) is 4.79 Å². The van der Waals surface area contributed by atoms with Crippen molar-refractivity contribution < 1.29 is 4.79 Å². The summed E-state index contributed by atoms with van der Waals surface area (Å²) >= 11 is 3.43. The summed E-state index contributed by atoms with van der Waals surface area (Å²) in [6.45, 7) is 2.10. The molecule has 1 aliphatic carbocycles. The second kappa shape index (κ2) is 7.23. The monoisotopic (exact) mass is 338 g/mol. The zero-order valence-corrected chi connectivity index (χ0v) is 13.5. The topological polar surface area (TPSA) is 55.1 Å². The van der Waals surface area contributed by atoms with Gasteiger partial charge in [0, 0.05) is 23.0 Å². The van der Waals surface area contributed by atoms with Gasteiger partial charge in [-0.25, -0.2) is 0 Å². The van der Waals surface area contributed by atoms with E-state index in [1.54, 1.807) is 0 Å². The number of amides is 1. The predicted molar refractivity (Wildman–Crippen MR) is 85.5 cm³/mol. The van der Waals surface area contributed by atoms with Gasteiger partial charge in [0.1, 0.15) is 0 Å². The Balaban J connectivity index is 1.80. The summed E-state index contributed by atoms with van der Waals surface area (Å²) in [6, 6.07) is 8.83. The number of benzene rings is 1. The van der Waals surface area contributed by atoms with Crippen molar-refractivity contribution in [2.45, 2.75) is 57.0 Å². The van der Waals surface area contributed by atoms with E-state index in [2.05, 4.69) is 40.3 Å². The molecule has 0 spiro atoms. The van der Waals surface area contributed by atoms with Crippen LogP contribution in [0.25, 0.3) is 0 Å². The summed E-state index contributed by atoms with van der Waals surface area (Å²) in [7, 11) is 0. The fourth-order valence-electron chi connectivity index (χ4n) is 2.74. The molecular formula is C16H23BrN2O. The van der Waals surface area contributed by atoms with E-state index in [-0.39, 0.29) is 11.8 Å². The molecule has 1 fully saturated rings. The molecule has 20 heavy (non-hydrogen) atoms. The third-order valence-electron chi connectivity index (χ3n) is 4.07. The van der Waals surface area contributed by atoms with Crippen molar-refractivity contribution in [2.75, 3.05) is 0 Å². The Hall–Kier alpha value is -0.870. The van der Waals surface area contributed by atoms with Crippen LogP contribution < -0.4 is 11.1 Å². The molecule has 1 aliphatic rings. The van der Waals surface area contributed by atoms with Gasteiger partial charge in [-0.2, -0.15) is 0 Å². The van der Waals surface area contributed by atoms with Gasteiger partial charge >= 0.3 is 0 Å². The minimum Gasteiger partial charge on any atom is -0.353 e. The molecule has 0 bridgehead atoms. The molecule has 1 unspecified atom stereocenters. The molecule has 0 heterocycles. The molecule has 1 saturated carbocycles. The second-order valence-electron chi connectivity index (χ2n) is 5.84. The second-order valence-corrected chi connectivity index (χ2v) is 6.75. The molecule has 2 rings (SSSR count). The minimum atomic E-state index is 0.154. The minimum absolute atomic E-state index is 0.154. The fraction of sp³-hybridized carbons (Fsp3) is 0.562. The maximum absolute atomic E-state index is 12.1. The van der Waals surface area contributed by atoms with Crippen LogP contribution in [-0.4, -0.2) is 18.0 Å². The quantitative estimate of drug-likeness (QED) is 0.884. The van der Waals surface area contributed by atoms with Gasteiger partial charge in [0.15, 0.2) is 0 Å². The molecule has 1 aromatic carbocycles. The standard InChI is InChI=1S/C16H23BrN2O/c1-11(12-2-4-13(17)5-3-12)10-16(20)19-15-8-6-14(18)7-9-15/h2-5,11,14-15H,6-10,18H2,1H3,(H,19,20). The molecule has 1 amide bonds. The summed E-state index contributed by atoms with van der Waals surface area (Å²) in [5.74, 6) is 0.398. The lowest BCUT2D eigenvalue weighted by Crippen LogP contribution is -2.40. The molecule has 110 valence electrons. The van der Waals surface area contributed by atoms with Gasteiger partial charge in [-0.3, -0.25) is 4.79 Å². The van der Waals surface area contributed by atoms with Crippen LogP contribution in [0.15, 0.2) is 28.7 Å². The zero-order valence-electron chi connectivity index (χ0n) is 11.9. The molecule has 3 N–H and O–H groups in total. The Bertz CT molecular complexity index is 438. The van der Waals surface area contributed by atoms with Crippen LogP contribution in [0.5, 0.6) is 0 Å². The fourth-order valence-corrected chi connectivity index (χ4v) is 3.00. The highest BCUT2D eigenvalue weighted by Crippen LogP contribution is 2.22. The SMILES string of the molecule is CC(CC(=O)NC1CCC(N)CC1)c1ccc(Br)cc1. The van der Waals surface area contributed by atoms with Gasteiger partial charge in [-0.05, 0) is 49.3 Å². The lowest BCUT2D eigenvalue weighted by atomic mass is 9.91. The van der Waals surface area contributed by atoms with Gasteiger partial charge in [-0.15, -0.1) is 0 Å². The van der Waals surface area contributed by atoms with Crippen molar-refractivity contribution in [1.29, 1.82) is 0 Å². The van der Waals surface area contributed by atoms with E-state index in [1.165, 1.54) is 5.56 Å². The van der Waals surface area contributed by atoms with Gasteiger partial charge in [0.05, 0.1) is 0 Å². The van der Waals surface area contributed by atoms with Crippen molar-refractivity contribution in [3.05, 3.63) is 34.3 Å². The van der Waals surface area contributed by atoms with Crippen LogP contribution in [0.4, 0.5) is 0 Å². The summed E-state index contributed by atoms with van der Waals surface area (Å²) in [4.78, 5) is 12.1. The van der Waals surface area contributed by atoms with E-state index in [1.807, 2.05) is 12.1 Å². The number of nitrogens with one attached hydrogen (secondary N) is 1. The van der Waals surface area contributed by atoms with E-state index in [0.717, 1.165) is 30.2 Å². The Morgan fingerprint density at radius 1 is 1.30 bits per heavy atom. The first-order valence-corrected chi connectivity index (χ1v) is 8.14. The first kappa shape index (κ1) is 15.5. The number of hydrogen-bond donors (Lipinski definition) is 2. The smallest absolute Gasteiger partial charge is 0.220 e. The summed E-state index contributed by atoms with van der Waals surface area (Å²) in [5, 5.41) is 3.15. The van der Waals surface area contributed by atoms with E-state index < -0.39 is 0 Å².